The summed E-state index contributed by atoms with van der Waals surface area (Å²) in [6.07, 6.45) is 7.14. The maximum atomic E-state index is 10.6. The molecule has 0 aliphatic heterocycles. The van der Waals surface area contributed by atoms with Gasteiger partial charge < -0.3 is 14.6 Å². The number of unbranched alkanes of at least 4 members (excludes halogenated alkanes) is 1. The molecule has 0 fully saturated rings. The highest BCUT2D eigenvalue weighted by molar-refractivity contribution is 5.86. The van der Waals surface area contributed by atoms with Gasteiger partial charge >= 0.3 is 5.97 Å². The lowest BCUT2D eigenvalue weighted by Crippen LogP contribution is -2.00. The third-order valence-electron chi connectivity index (χ3n) is 2.67. The Bertz CT molecular complexity index is 492. The summed E-state index contributed by atoms with van der Waals surface area (Å²) >= 11 is 0. The fourth-order valence-corrected chi connectivity index (χ4v) is 1.66. The fourth-order valence-electron chi connectivity index (χ4n) is 1.66. The second-order valence-corrected chi connectivity index (χ2v) is 4.50. The molecule has 1 N–H and O–H groups in total. The van der Waals surface area contributed by atoms with Gasteiger partial charge in [0.05, 0.1) is 13.2 Å². The van der Waals surface area contributed by atoms with E-state index in [0.29, 0.717) is 19.0 Å². The molecule has 21 heavy (non-hydrogen) atoms. The maximum absolute atomic E-state index is 10.6. The van der Waals surface area contributed by atoms with E-state index in [2.05, 4.69) is 6.58 Å². The predicted octanol–water partition coefficient (Wildman–Crippen LogP) is 3.92. The monoisotopic (exact) mass is 290 g/mol. The van der Waals surface area contributed by atoms with Gasteiger partial charge in [0.25, 0.3) is 0 Å². The van der Waals surface area contributed by atoms with E-state index in [1.165, 1.54) is 6.08 Å². The molecular formula is C17H22O4. The van der Waals surface area contributed by atoms with E-state index in [4.69, 9.17) is 14.6 Å². The van der Waals surface area contributed by atoms with Crippen molar-refractivity contribution in [2.24, 2.45) is 0 Å². The lowest BCUT2D eigenvalue weighted by atomic mass is 10.1. The average Bonchev–Trinajstić information content (AvgIpc) is 2.48. The van der Waals surface area contributed by atoms with Gasteiger partial charge in [0, 0.05) is 17.7 Å². The zero-order chi connectivity index (χ0) is 15.5. The highest BCUT2D eigenvalue weighted by Gasteiger charge is 2.05. The molecule has 0 aliphatic carbocycles. The lowest BCUT2D eigenvalue weighted by molar-refractivity contribution is -0.131. The molecule has 1 aromatic rings. The molecule has 114 valence electrons. The van der Waals surface area contributed by atoms with Gasteiger partial charge in [0.1, 0.15) is 11.5 Å². The molecule has 0 spiro atoms. The Morgan fingerprint density at radius 3 is 2.81 bits per heavy atom. The Morgan fingerprint density at radius 2 is 2.14 bits per heavy atom. The minimum Gasteiger partial charge on any atom is -0.493 e. The van der Waals surface area contributed by atoms with Gasteiger partial charge in [-0.2, -0.15) is 0 Å². The number of ether oxygens (including phenoxy) is 2. The number of benzene rings is 1. The molecule has 0 unspecified atom stereocenters. The summed E-state index contributed by atoms with van der Waals surface area (Å²) in [5.41, 5.74) is 0.722. The van der Waals surface area contributed by atoms with Crippen molar-refractivity contribution in [3.8, 4) is 11.5 Å². The van der Waals surface area contributed by atoms with Crippen LogP contribution in [0.2, 0.25) is 0 Å². The van der Waals surface area contributed by atoms with Crippen molar-refractivity contribution in [1.29, 1.82) is 0 Å². The van der Waals surface area contributed by atoms with E-state index in [1.807, 2.05) is 19.1 Å². The SMILES string of the molecule is C=CCCCOc1cc(OCCC)ccc1C=CC(=O)O. The molecular weight excluding hydrogens is 268 g/mol. The first-order valence-corrected chi connectivity index (χ1v) is 7.09. The summed E-state index contributed by atoms with van der Waals surface area (Å²) in [5.74, 6) is 0.368. The van der Waals surface area contributed by atoms with Crippen molar-refractivity contribution in [1.82, 2.24) is 0 Å². The third kappa shape index (κ3) is 6.65. The summed E-state index contributed by atoms with van der Waals surface area (Å²) in [5, 5.41) is 8.72. The van der Waals surface area contributed by atoms with Gasteiger partial charge in [-0.15, -0.1) is 6.58 Å². The third-order valence-corrected chi connectivity index (χ3v) is 2.67. The molecule has 0 aliphatic rings. The number of hydrogen-bond acceptors (Lipinski definition) is 3. The zero-order valence-electron chi connectivity index (χ0n) is 12.4. The van der Waals surface area contributed by atoms with E-state index in [1.54, 1.807) is 12.1 Å². The molecule has 0 heterocycles. The van der Waals surface area contributed by atoms with Gasteiger partial charge in [-0.1, -0.05) is 13.0 Å². The number of hydrogen-bond donors (Lipinski definition) is 1. The Morgan fingerprint density at radius 1 is 1.33 bits per heavy atom. The van der Waals surface area contributed by atoms with Gasteiger partial charge in [-0.25, -0.2) is 4.79 Å². The van der Waals surface area contributed by atoms with Crippen LogP contribution in [0, 0.1) is 0 Å². The fraction of sp³-hybridized carbons (Fsp3) is 0.353. The Hall–Kier alpha value is -2.23. The molecule has 0 amide bonds. The minimum atomic E-state index is -0.987. The molecule has 0 radical (unpaired) electrons. The summed E-state index contributed by atoms with van der Waals surface area (Å²) in [4.78, 5) is 10.6. The van der Waals surface area contributed by atoms with Crippen molar-refractivity contribution in [3.63, 3.8) is 0 Å². The second kappa shape index (κ2) is 9.64. The quantitative estimate of drug-likeness (QED) is 0.403. The van der Waals surface area contributed by atoms with Crippen LogP contribution in [0.5, 0.6) is 11.5 Å². The summed E-state index contributed by atoms with van der Waals surface area (Å²) in [6, 6.07) is 5.41. The Kier molecular flexibility index (Phi) is 7.72. The topological polar surface area (TPSA) is 55.8 Å². The lowest BCUT2D eigenvalue weighted by Gasteiger charge is -2.11. The van der Waals surface area contributed by atoms with Gasteiger partial charge in [-0.05, 0) is 37.5 Å². The van der Waals surface area contributed by atoms with E-state index in [9.17, 15) is 4.79 Å². The summed E-state index contributed by atoms with van der Waals surface area (Å²) < 4.78 is 11.3. The first kappa shape index (κ1) is 16.8. The standard InChI is InChI=1S/C17H22O4/c1-3-5-6-12-21-16-13-15(20-11-4-2)9-7-14(16)8-10-17(18)19/h3,7-10,13H,1,4-6,11-12H2,2H3,(H,18,19). The van der Waals surface area contributed by atoms with E-state index in [-0.39, 0.29) is 0 Å². The molecule has 0 bridgehead atoms. The van der Waals surface area contributed by atoms with Crippen LogP contribution in [0.25, 0.3) is 6.08 Å². The van der Waals surface area contributed by atoms with Gasteiger partial charge in [0.15, 0.2) is 0 Å². The maximum Gasteiger partial charge on any atom is 0.328 e. The van der Waals surface area contributed by atoms with Crippen molar-refractivity contribution in [2.45, 2.75) is 26.2 Å². The van der Waals surface area contributed by atoms with Crippen molar-refractivity contribution in [3.05, 3.63) is 42.5 Å². The number of aliphatic carboxylic acids is 1. The number of allylic oxidation sites excluding steroid dienone is 1. The van der Waals surface area contributed by atoms with Crippen LogP contribution in [0.4, 0.5) is 0 Å². The summed E-state index contributed by atoms with van der Waals surface area (Å²) in [6.45, 7) is 6.90. The van der Waals surface area contributed by atoms with Crippen LogP contribution in [0.3, 0.4) is 0 Å². The van der Waals surface area contributed by atoms with Crippen LogP contribution in [-0.4, -0.2) is 24.3 Å². The zero-order valence-corrected chi connectivity index (χ0v) is 12.4. The highest BCUT2D eigenvalue weighted by Crippen LogP contribution is 2.26. The molecule has 0 atom stereocenters. The number of carboxylic acids is 1. The normalized spacial score (nSPS) is 10.5. The summed E-state index contributed by atoms with van der Waals surface area (Å²) in [7, 11) is 0. The van der Waals surface area contributed by atoms with Gasteiger partial charge in [-0.3, -0.25) is 0 Å². The Labute approximate surface area is 125 Å². The number of rotatable bonds is 10. The first-order chi connectivity index (χ1) is 10.2. The average molecular weight is 290 g/mol. The van der Waals surface area contributed by atoms with E-state index >= 15 is 0 Å². The first-order valence-electron chi connectivity index (χ1n) is 7.09. The number of carboxylic acid groups (broad SMARTS) is 1. The predicted molar refractivity (Wildman–Crippen MR) is 83.8 cm³/mol. The molecule has 1 aromatic carbocycles. The molecule has 1 rings (SSSR count). The van der Waals surface area contributed by atoms with Crippen molar-refractivity contribution < 1.29 is 19.4 Å². The van der Waals surface area contributed by atoms with E-state index in [0.717, 1.165) is 36.7 Å². The van der Waals surface area contributed by atoms with Crippen molar-refractivity contribution in [2.75, 3.05) is 13.2 Å². The highest BCUT2D eigenvalue weighted by atomic mass is 16.5. The molecule has 0 saturated carbocycles. The van der Waals surface area contributed by atoms with Crippen LogP contribution in [0.15, 0.2) is 36.9 Å². The van der Waals surface area contributed by atoms with Crippen LogP contribution in [0.1, 0.15) is 31.7 Å². The molecule has 4 nitrogen and oxygen atoms in total. The smallest absolute Gasteiger partial charge is 0.328 e. The number of carbonyl (C=O) groups is 1. The Balaban J connectivity index is 2.83. The van der Waals surface area contributed by atoms with Gasteiger partial charge in [0.2, 0.25) is 0 Å². The van der Waals surface area contributed by atoms with Crippen LogP contribution >= 0.6 is 0 Å². The molecule has 4 heteroatoms. The molecule has 0 saturated heterocycles. The minimum absolute atomic E-state index is 0.553. The van der Waals surface area contributed by atoms with Crippen LogP contribution in [-0.2, 0) is 4.79 Å². The van der Waals surface area contributed by atoms with E-state index < -0.39 is 5.97 Å². The largest absolute Gasteiger partial charge is 0.493 e. The van der Waals surface area contributed by atoms with Crippen molar-refractivity contribution >= 4 is 12.0 Å². The van der Waals surface area contributed by atoms with Crippen LogP contribution < -0.4 is 9.47 Å². The second-order valence-electron chi connectivity index (χ2n) is 4.50. The molecule has 0 aromatic heterocycles.